The standard InChI is InChI=1S/C17H29NO3/c1-6-9-18-13-14-7-8-15(19-5)12-16(14)20-10-11-21-17(2,3)4/h7-8,12,18H,6,9-11,13H2,1-5H3. The molecule has 0 saturated heterocycles. The van der Waals surface area contributed by atoms with Gasteiger partial charge in [0.25, 0.3) is 0 Å². The molecule has 120 valence electrons. The quantitative estimate of drug-likeness (QED) is 0.709. The fourth-order valence-electron chi connectivity index (χ4n) is 1.84. The summed E-state index contributed by atoms with van der Waals surface area (Å²) in [6, 6.07) is 5.93. The van der Waals surface area contributed by atoms with Crippen molar-refractivity contribution in [2.45, 2.75) is 46.3 Å². The molecule has 0 unspecified atom stereocenters. The summed E-state index contributed by atoms with van der Waals surface area (Å²) in [5.74, 6) is 1.66. The van der Waals surface area contributed by atoms with Gasteiger partial charge in [0.2, 0.25) is 0 Å². The number of hydrogen-bond acceptors (Lipinski definition) is 4. The lowest BCUT2D eigenvalue weighted by atomic mass is 10.2. The summed E-state index contributed by atoms with van der Waals surface area (Å²) in [6.07, 6.45) is 1.12. The first-order valence-corrected chi connectivity index (χ1v) is 7.60. The molecule has 0 aliphatic heterocycles. The summed E-state index contributed by atoms with van der Waals surface area (Å²) in [5, 5.41) is 3.39. The number of ether oxygens (including phenoxy) is 3. The minimum Gasteiger partial charge on any atom is -0.497 e. The van der Waals surface area contributed by atoms with Crippen molar-refractivity contribution in [3.8, 4) is 11.5 Å². The molecule has 0 radical (unpaired) electrons. The molecule has 0 aliphatic carbocycles. The van der Waals surface area contributed by atoms with Gasteiger partial charge in [-0.05, 0) is 39.8 Å². The summed E-state index contributed by atoms with van der Waals surface area (Å²) in [4.78, 5) is 0. The number of nitrogens with one attached hydrogen (secondary N) is 1. The zero-order valence-corrected chi connectivity index (χ0v) is 14.0. The van der Waals surface area contributed by atoms with E-state index in [9.17, 15) is 0 Å². The van der Waals surface area contributed by atoms with Gasteiger partial charge in [-0.2, -0.15) is 0 Å². The van der Waals surface area contributed by atoms with Gasteiger partial charge in [-0.25, -0.2) is 0 Å². The zero-order valence-electron chi connectivity index (χ0n) is 14.0. The van der Waals surface area contributed by atoms with E-state index in [4.69, 9.17) is 14.2 Å². The third kappa shape index (κ3) is 7.34. The second-order valence-electron chi connectivity index (χ2n) is 5.96. The van der Waals surface area contributed by atoms with E-state index < -0.39 is 0 Å². The Morgan fingerprint density at radius 2 is 1.90 bits per heavy atom. The number of hydrogen-bond donors (Lipinski definition) is 1. The average Bonchev–Trinajstić information content (AvgIpc) is 2.44. The van der Waals surface area contributed by atoms with Crippen molar-refractivity contribution < 1.29 is 14.2 Å². The Labute approximate surface area is 128 Å². The summed E-state index contributed by atoms with van der Waals surface area (Å²) in [5.41, 5.74) is 1.00. The van der Waals surface area contributed by atoms with Gasteiger partial charge in [-0.1, -0.05) is 13.0 Å². The van der Waals surface area contributed by atoms with E-state index in [2.05, 4.69) is 12.2 Å². The van der Waals surface area contributed by atoms with Crippen molar-refractivity contribution in [3.63, 3.8) is 0 Å². The lowest BCUT2D eigenvalue weighted by Gasteiger charge is -2.20. The Morgan fingerprint density at radius 3 is 2.52 bits per heavy atom. The predicted molar refractivity (Wildman–Crippen MR) is 86.2 cm³/mol. The van der Waals surface area contributed by atoms with Crippen LogP contribution in [-0.4, -0.2) is 32.5 Å². The van der Waals surface area contributed by atoms with E-state index in [1.54, 1.807) is 7.11 Å². The van der Waals surface area contributed by atoms with Crippen LogP contribution >= 0.6 is 0 Å². The van der Waals surface area contributed by atoms with E-state index in [0.717, 1.165) is 36.6 Å². The molecule has 0 saturated carbocycles. The van der Waals surface area contributed by atoms with Crippen LogP contribution in [0.3, 0.4) is 0 Å². The molecule has 0 fully saturated rings. The van der Waals surface area contributed by atoms with E-state index in [0.29, 0.717) is 13.2 Å². The van der Waals surface area contributed by atoms with Gasteiger partial charge in [0, 0.05) is 18.2 Å². The van der Waals surface area contributed by atoms with Crippen molar-refractivity contribution in [1.82, 2.24) is 5.32 Å². The fourth-order valence-corrected chi connectivity index (χ4v) is 1.84. The molecule has 21 heavy (non-hydrogen) atoms. The molecule has 0 atom stereocenters. The monoisotopic (exact) mass is 295 g/mol. The van der Waals surface area contributed by atoms with Crippen molar-refractivity contribution in [3.05, 3.63) is 23.8 Å². The highest BCUT2D eigenvalue weighted by Gasteiger charge is 2.10. The minimum absolute atomic E-state index is 0.136. The number of rotatable bonds is 9. The molecule has 0 aliphatic rings. The van der Waals surface area contributed by atoms with Gasteiger partial charge >= 0.3 is 0 Å². The SMILES string of the molecule is CCCNCc1ccc(OC)cc1OCCOC(C)(C)C. The molecule has 1 rings (SSSR count). The smallest absolute Gasteiger partial charge is 0.127 e. The van der Waals surface area contributed by atoms with Crippen LogP contribution in [0.25, 0.3) is 0 Å². The predicted octanol–water partition coefficient (Wildman–Crippen LogP) is 3.39. The van der Waals surface area contributed by atoms with E-state index in [-0.39, 0.29) is 5.60 Å². The second-order valence-corrected chi connectivity index (χ2v) is 5.96. The van der Waals surface area contributed by atoms with Crippen LogP contribution in [0, 0.1) is 0 Å². The maximum Gasteiger partial charge on any atom is 0.127 e. The van der Waals surface area contributed by atoms with Crippen molar-refractivity contribution in [1.29, 1.82) is 0 Å². The second kappa shape index (κ2) is 8.90. The Hall–Kier alpha value is -1.26. The lowest BCUT2D eigenvalue weighted by molar-refractivity contribution is -0.0164. The highest BCUT2D eigenvalue weighted by Crippen LogP contribution is 2.25. The Bertz CT molecular complexity index is 413. The van der Waals surface area contributed by atoms with Crippen LogP contribution in [0.5, 0.6) is 11.5 Å². The van der Waals surface area contributed by atoms with E-state index in [1.807, 2.05) is 39.0 Å². The van der Waals surface area contributed by atoms with Crippen molar-refractivity contribution in [2.75, 3.05) is 26.9 Å². The van der Waals surface area contributed by atoms with Gasteiger partial charge in [-0.3, -0.25) is 0 Å². The van der Waals surface area contributed by atoms with Gasteiger partial charge in [0.05, 0.1) is 19.3 Å². The molecular weight excluding hydrogens is 266 g/mol. The van der Waals surface area contributed by atoms with Gasteiger partial charge in [0.1, 0.15) is 18.1 Å². The van der Waals surface area contributed by atoms with Crippen LogP contribution in [0.15, 0.2) is 18.2 Å². The van der Waals surface area contributed by atoms with E-state index >= 15 is 0 Å². The normalized spacial score (nSPS) is 11.5. The molecule has 4 nitrogen and oxygen atoms in total. The number of benzene rings is 1. The molecule has 1 N–H and O–H groups in total. The molecule has 0 bridgehead atoms. The molecule has 0 heterocycles. The molecular formula is C17H29NO3. The van der Waals surface area contributed by atoms with Crippen LogP contribution in [0.4, 0.5) is 0 Å². The largest absolute Gasteiger partial charge is 0.497 e. The van der Waals surface area contributed by atoms with Crippen molar-refractivity contribution >= 4 is 0 Å². The minimum atomic E-state index is -0.136. The highest BCUT2D eigenvalue weighted by molar-refractivity contribution is 5.40. The van der Waals surface area contributed by atoms with Crippen molar-refractivity contribution in [2.24, 2.45) is 0 Å². The summed E-state index contributed by atoms with van der Waals surface area (Å²) in [6.45, 7) is 11.2. The molecule has 1 aromatic rings. The Kier molecular flexibility index (Phi) is 7.54. The molecule has 1 aromatic carbocycles. The maximum atomic E-state index is 5.86. The van der Waals surface area contributed by atoms with Gasteiger partial charge < -0.3 is 19.5 Å². The summed E-state index contributed by atoms with van der Waals surface area (Å²) >= 11 is 0. The maximum absolute atomic E-state index is 5.86. The first-order chi connectivity index (χ1) is 9.96. The first kappa shape index (κ1) is 17.8. The van der Waals surface area contributed by atoms with Gasteiger partial charge in [-0.15, -0.1) is 0 Å². The van der Waals surface area contributed by atoms with Crippen LogP contribution in [0.2, 0.25) is 0 Å². The summed E-state index contributed by atoms with van der Waals surface area (Å²) < 4.78 is 16.8. The topological polar surface area (TPSA) is 39.7 Å². The first-order valence-electron chi connectivity index (χ1n) is 7.60. The van der Waals surface area contributed by atoms with Crippen LogP contribution in [0.1, 0.15) is 39.7 Å². The third-order valence-corrected chi connectivity index (χ3v) is 2.89. The van der Waals surface area contributed by atoms with Crippen LogP contribution in [-0.2, 0) is 11.3 Å². The lowest BCUT2D eigenvalue weighted by Crippen LogP contribution is -2.22. The fraction of sp³-hybridized carbons (Fsp3) is 0.647. The number of methoxy groups -OCH3 is 1. The third-order valence-electron chi connectivity index (χ3n) is 2.89. The van der Waals surface area contributed by atoms with Crippen LogP contribution < -0.4 is 14.8 Å². The molecule has 0 amide bonds. The van der Waals surface area contributed by atoms with E-state index in [1.165, 1.54) is 0 Å². The highest BCUT2D eigenvalue weighted by atomic mass is 16.5. The molecule has 0 aromatic heterocycles. The average molecular weight is 295 g/mol. The van der Waals surface area contributed by atoms with Gasteiger partial charge in [0.15, 0.2) is 0 Å². The zero-order chi connectivity index (χ0) is 15.7. The molecule has 0 spiro atoms. The summed E-state index contributed by atoms with van der Waals surface area (Å²) in [7, 11) is 1.66. The Morgan fingerprint density at radius 1 is 1.14 bits per heavy atom. The Balaban J connectivity index is 2.59. The molecule has 4 heteroatoms.